The van der Waals surface area contributed by atoms with Crippen molar-refractivity contribution in [2.75, 3.05) is 6.61 Å². The molecule has 0 fully saturated rings. The fourth-order valence-electron chi connectivity index (χ4n) is 1.38. The monoisotopic (exact) mass is 184 g/mol. The van der Waals surface area contributed by atoms with Crippen LogP contribution < -0.4 is 0 Å². The molecule has 13 heavy (non-hydrogen) atoms. The fraction of sp³-hybridized carbons (Fsp3) is 0.700. The van der Waals surface area contributed by atoms with Crippen molar-refractivity contribution in [2.24, 2.45) is 0 Å². The number of cyclic esters (lactones) is 1. The van der Waals surface area contributed by atoms with Crippen molar-refractivity contribution in [1.29, 1.82) is 0 Å². The Balaban J connectivity index is 2.55. The fourth-order valence-corrected chi connectivity index (χ4v) is 1.38. The van der Waals surface area contributed by atoms with Gasteiger partial charge in [0.1, 0.15) is 0 Å². The largest absolute Gasteiger partial charge is 0.426 e. The first-order valence-corrected chi connectivity index (χ1v) is 4.78. The molecule has 0 bridgehead atoms. The number of unbranched alkanes of at least 4 members (excludes halogenated alkanes) is 1. The standard InChI is InChI=1S/C10H16O3/c1-3-5-7-10(12-4-2)8-6-9(11)13-10/h6,8H,3-5,7H2,1-2H3/t10-/m0/s1. The Bertz CT molecular complexity index is 210. The smallest absolute Gasteiger partial charge is 0.333 e. The van der Waals surface area contributed by atoms with E-state index in [1.54, 1.807) is 6.08 Å². The van der Waals surface area contributed by atoms with E-state index in [1.165, 1.54) is 6.08 Å². The van der Waals surface area contributed by atoms with E-state index in [0.717, 1.165) is 19.3 Å². The summed E-state index contributed by atoms with van der Waals surface area (Å²) in [5.41, 5.74) is 0. The zero-order valence-electron chi connectivity index (χ0n) is 8.21. The van der Waals surface area contributed by atoms with Crippen LogP contribution in [0.5, 0.6) is 0 Å². The number of carbonyl (C=O) groups is 1. The van der Waals surface area contributed by atoms with E-state index in [-0.39, 0.29) is 5.97 Å². The molecule has 0 aromatic rings. The molecule has 1 aliphatic rings. The summed E-state index contributed by atoms with van der Waals surface area (Å²) in [5.74, 6) is -1.06. The molecule has 3 heteroatoms. The molecule has 0 radical (unpaired) electrons. The van der Waals surface area contributed by atoms with E-state index in [4.69, 9.17) is 9.47 Å². The highest BCUT2D eigenvalue weighted by Crippen LogP contribution is 2.27. The predicted molar refractivity (Wildman–Crippen MR) is 49.1 cm³/mol. The Morgan fingerprint density at radius 3 is 2.77 bits per heavy atom. The zero-order chi connectivity index (χ0) is 9.73. The Kier molecular flexibility index (Phi) is 3.48. The molecule has 1 heterocycles. The van der Waals surface area contributed by atoms with Crippen molar-refractivity contribution in [2.45, 2.75) is 38.9 Å². The van der Waals surface area contributed by atoms with E-state index in [9.17, 15) is 4.79 Å². The van der Waals surface area contributed by atoms with Crippen LogP contribution in [-0.2, 0) is 14.3 Å². The lowest BCUT2D eigenvalue weighted by Crippen LogP contribution is -2.31. The lowest BCUT2D eigenvalue weighted by molar-refractivity contribution is -0.199. The normalized spacial score (nSPS) is 26.5. The summed E-state index contributed by atoms with van der Waals surface area (Å²) >= 11 is 0. The van der Waals surface area contributed by atoms with Gasteiger partial charge in [0.05, 0.1) is 0 Å². The van der Waals surface area contributed by atoms with Crippen LogP contribution in [0.2, 0.25) is 0 Å². The second-order valence-corrected chi connectivity index (χ2v) is 3.10. The number of ether oxygens (including phenoxy) is 2. The maximum atomic E-state index is 10.9. The molecule has 3 nitrogen and oxygen atoms in total. The molecule has 1 atom stereocenters. The van der Waals surface area contributed by atoms with Crippen LogP contribution >= 0.6 is 0 Å². The van der Waals surface area contributed by atoms with Crippen LogP contribution in [0.25, 0.3) is 0 Å². The van der Waals surface area contributed by atoms with Gasteiger partial charge in [0.25, 0.3) is 0 Å². The average molecular weight is 184 g/mol. The Labute approximate surface area is 78.7 Å². The van der Waals surface area contributed by atoms with Gasteiger partial charge in [-0.05, 0) is 19.4 Å². The minimum absolute atomic E-state index is 0.301. The molecule has 0 amide bonds. The SMILES string of the molecule is CCCC[C@@]1(OCC)C=CC(=O)O1. The highest BCUT2D eigenvalue weighted by Gasteiger charge is 2.35. The second kappa shape index (κ2) is 4.42. The quantitative estimate of drug-likeness (QED) is 0.613. The average Bonchev–Trinajstić information content (AvgIpc) is 2.46. The highest BCUT2D eigenvalue weighted by atomic mass is 16.7. The Morgan fingerprint density at radius 1 is 1.54 bits per heavy atom. The number of hydrogen-bond acceptors (Lipinski definition) is 3. The maximum Gasteiger partial charge on any atom is 0.333 e. The first-order valence-electron chi connectivity index (χ1n) is 4.78. The Morgan fingerprint density at radius 2 is 2.31 bits per heavy atom. The molecule has 1 aliphatic heterocycles. The summed E-state index contributed by atoms with van der Waals surface area (Å²) < 4.78 is 10.6. The number of hydrogen-bond donors (Lipinski definition) is 0. The van der Waals surface area contributed by atoms with Gasteiger partial charge in [0.15, 0.2) is 0 Å². The minimum atomic E-state index is -0.762. The van der Waals surface area contributed by atoms with Gasteiger partial charge in [-0.3, -0.25) is 0 Å². The zero-order valence-corrected chi connectivity index (χ0v) is 8.21. The number of rotatable bonds is 5. The van der Waals surface area contributed by atoms with Crippen molar-refractivity contribution >= 4 is 5.97 Å². The van der Waals surface area contributed by atoms with Crippen LogP contribution in [-0.4, -0.2) is 18.4 Å². The summed E-state index contributed by atoms with van der Waals surface area (Å²) in [6.07, 6.45) is 5.97. The number of carbonyl (C=O) groups excluding carboxylic acids is 1. The molecule has 0 spiro atoms. The van der Waals surface area contributed by atoms with E-state index in [1.807, 2.05) is 6.92 Å². The maximum absolute atomic E-state index is 10.9. The second-order valence-electron chi connectivity index (χ2n) is 3.10. The van der Waals surface area contributed by atoms with Crippen molar-refractivity contribution in [3.8, 4) is 0 Å². The molecule has 0 saturated carbocycles. The lowest BCUT2D eigenvalue weighted by atomic mass is 10.1. The van der Waals surface area contributed by atoms with Gasteiger partial charge in [0, 0.05) is 19.1 Å². The summed E-state index contributed by atoms with van der Waals surface area (Å²) in [6, 6.07) is 0. The van der Waals surface area contributed by atoms with Gasteiger partial charge in [-0.25, -0.2) is 4.79 Å². The molecule has 0 unspecified atom stereocenters. The first kappa shape index (κ1) is 10.3. The van der Waals surface area contributed by atoms with Crippen molar-refractivity contribution in [3.05, 3.63) is 12.2 Å². The van der Waals surface area contributed by atoms with Gasteiger partial charge in [0.2, 0.25) is 5.79 Å². The molecular formula is C10H16O3. The van der Waals surface area contributed by atoms with E-state index >= 15 is 0 Å². The summed E-state index contributed by atoms with van der Waals surface area (Å²) in [6.45, 7) is 4.55. The minimum Gasteiger partial charge on any atom is -0.426 e. The molecule has 0 N–H and O–H groups in total. The predicted octanol–water partition coefficient (Wildman–Crippen LogP) is 2.02. The first-order chi connectivity index (χ1) is 6.22. The molecule has 0 aromatic carbocycles. The van der Waals surface area contributed by atoms with Crippen molar-refractivity contribution in [1.82, 2.24) is 0 Å². The van der Waals surface area contributed by atoms with E-state index in [0.29, 0.717) is 6.61 Å². The van der Waals surface area contributed by atoms with Crippen LogP contribution in [0.15, 0.2) is 12.2 Å². The lowest BCUT2D eigenvalue weighted by Gasteiger charge is -2.25. The molecule has 1 rings (SSSR count). The Hall–Kier alpha value is -0.830. The van der Waals surface area contributed by atoms with E-state index < -0.39 is 5.79 Å². The third kappa shape index (κ3) is 2.56. The van der Waals surface area contributed by atoms with Gasteiger partial charge < -0.3 is 9.47 Å². The molecule has 0 saturated heterocycles. The van der Waals surface area contributed by atoms with Gasteiger partial charge in [-0.2, -0.15) is 0 Å². The number of esters is 1. The molecule has 0 aliphatic carbocycles. The third-order valence-electron chi connectivity index (χ3n) is 2.01. The third-order valence-corrected chi connectivity index (χ3v) is 2.01. The van der Waals surface area contributed by atoms with Crippen molar-refractivity contribution in [3.63, 3.8) is 0 Å². The van der Waals surface area contributed by atoms with Gasteiger partial charge >= 0.3 is 5.97 Å². The molecule has 0 aromatic heterocycles. The summed E-state index contributed by atoms with van der Waals surface area (Å²) in [5, 5.41) is 0. The van der Waals surface area contributed by atoms with Crippen molar-refractivity contribution < 1.29 is 14.3 Å². The van der Waals surface area contributed by atoms with E-state index in [2.05, 4.69) is 6.92 Å². The summed E-state index contributed by atoms with van der Waals surface area (Å²) in [4.78, 5) is 10.9. The van der Waals surface area contributed by atoms with Gasteiger partial charge in [-0.1, -0.05) is 13.3 Å². The van der Waals surface area contributed by atoms with Crippen LogP contribution in [0.3, 0.4) is 0 Å². The van der Waals surface area contributed by atoms with Gasteiger partial charge in [-0.15, -0.1) is 0 Å². The molecular weight excluding hydrogens is 168 g/mol. The molecule has 74 valence electrons. The van der Waals surface area contributed by atoms with Crippen LogP contribution in [0, 0.1) is 0 Å². The topological polar surface area (TPSA) is 35.5 Å². The van der Waals surface area contributed by atoms with Crippen LogP contribution in [0.4, 0.5) is 0 Å². The van der Waals surface area contributed by atoms with Crippen LogP contribution in [0.1, 0.15) is 33.1 Å². The highest BCUT2D eigenvalue weighted by molar-refractivity contribution is 5.84. The summed E-state index contributed by atoms with van der Waals surface area (Å²) in [7, 11) is 0.